The lowest BCUT2D eigenvalue weighted by Gasteiger charge is -2.08. The molecule has 4 aromatic carbocycles. The second kappa shape index (κ2) is 8.88. The SMILES string of the molecule is O=[N+]([O-])c1cccc(/C=C/c2nc3ccccc3n3c(-c4ccc(-c5ccccc5)cc4)nnc23)c1. The summed E-state index contributed by atoms with van der Waals surface area (Å²) in [5.41, 5.74) is 6.88. The Morgan fingerprint density at radius 2 is 1.44 bits per heavy atom. The highest BCUT2D eigenvalue weighted by molar-refractivity contribution is 5.86. The van der Waals surface area contributed by atoms with Crippen molar-refractivity contribution >= 4 is 34.5 Å². The molecule has 7 heteroatoms. The molecule has 0 aliphatic rings. The number of nitro benzene ring substituents is 1. The summed E-state index contributed by atoms with van der Waals surface area (Å²) in [5, 5.41) is 20.1. The molecule has 0 saturated carbocycles. The quantitative estimate of drug-likeness (QED) is 0.207. The molecule has 6 rings (SSSR count). The first-order valence-corrected chi connectivity index (χ1v) is 11.4. The normalized spacial score (nSPS) is 11.4. The van der Waals surface area contributed by atoms with Crippen molar-refractivity contribution in [2.24, 2.45) is 0 Å². The number of nitro groups is 1. The van der Waals surface area contributed by atoms with Gasteiger partial charge in [-0.2, -0.15) is 0 Å². The third-order valence-electron chi connectivity index (χ3n) is 6.02. The maximum Gasteiger partial charge on any atom is 0.270 e. The van der Waals surface area contributed by atoms with E-state index in [9.17, 15) is 10.1 Å². The molecule has 0 amide bonds. The van der Waals surface area contributed by atoms with Crippen LogP contribution in [0.1, 0.15) is 11.3 Å². The Balaban J connectivity index is 1.47. The van der Waals surface area contributed by atoms with E-state index in [1.807, 2.05) is 71.1 Å². The zero-order valence-electron chi connectivity index (χ0n) is 19.0. The largest absolute Gasteiger partial charge is 0.271 e. The smallest absolute Gasteiger partial charge is 0.270 e. The van der Waals surface area contributed by atoms with Gasteiger partial charge in [-0.1, -0.05) is 84.9 Å². The Labute approximate surface area is 206 Å². The van der Waals surface area contributed by atoms with Crippen LogP contribution in [0.4, 0.5) is 5.69 Å². The molecule has 36 heavy (non-hydrogen) atoms. The van der Waals surface area contributed by atoms with Gasteiger partial charge in [0.05, 0.1) is 16.0 Å². The van der Waals surface area contributed by atoms with Crippen molar-refractivity contribution in [2.75, 3.05) is 0 Å². The van der Waals surface area contributed by atoms with E-state index in [4.69, 9.17) is 4.98 Å². The molecule has 7 nitrogen and oxygen atoms in total. The van der Waals surface area contributed by atoms with Crippen LogP contribution in [0.2, 0.25) is 0 Å². The number of aromatic nitrogens is 4. The predicted molar refractivity (Wildman–Crippen MR) is 141 cm³/mol. The topological polar surface area (TPSA) is 86.2 Å². The second-order valence-corrected chi connectivity index (χ2v) is 8.30. The number of fused-ring (bicyclic) bond motifs is 3. The second-order valence-electron chi connectivity index (χ2n) is 8.30. The number of nitrogens with zero attached hydrogens (tertiary/aromatic N) is 5. The van der Waals surface area contributed by atoms with Crippen LogP contribution in [0.5, 0.6) is 0 Å². The molecular formula is C29H19N5O2. The van der Waals surface area contributed by atoms with Crippen LogP contribution in [-0.2, 0) is 0 Å². The van der Waals surface area contributed by atoms with E-state index in [1.54, 1.807) is 12.1 Å². The molecule has 2 heterocycles. The number of hydrogen-bond donors (Lipinski definition) is 0. The average Bonchev–Trinajstić information content (AvgIpc) is 3.38. The number of rotatable bonds is 5. The minimum atomic E-state index is -0.405. The fraction of sp³-hybridized carbons (Fsp3) is 0. The van der Waals surface area contributed by atoms with Gasteiger partial charge in [-0.3, -0.25) is 14.5 Å². The maximum atomic E-state index is 11.1. The van der Waals surface area contributed by atoms with Crippen LogP contribution < -0.4 is 0 Å². The van der Waals surface area contributed by atoms with Gasteiger partial charge in [0.2, 0.25) is 0 Å². The molecule has 6 aromatic rings. The maximum absolute atomic E-state index is 11.1. The van der Waals surface area contributed by atoms with Crippen molar-refractivity contribution in [3.05, 3.63) is 124 Å². The molecule has 0 spiro atoms. The molecule has 0 bridgehead atoms. The lowest BCUT2D eigenvalue weighted by Crippen LogP contribution is -1.97. The standard InChI is InChI=1S/C29H19N5O2/c35-34(36)24-10-6-7-20(19-24)13-18-26-29-32-31-28(33(29)27-12-5-4-11-25(27)30-26)23-16-14-22(15-17-23)21-8-2-1-3-9-21/h1-19H/b18-13+. The highest BCUT2D eigenvalue weighted by Crippen LogP contribution is 2.28. The Hall–Kier alpha value is -5.17. The highest BCUT2D eigenvalue weighted by Gasteiger charge is 2.15. The first-order valence-electron chi connectivity index (χ1n) is 11.4. The van der Waals surface area contributed by atoms with Crippen LogP contribution in [0.15, 0.2) is 103 Å². The van der Waals surface area contributed by atoms with Crippen molar-refractivity contribution in [3.63, 3.8) is 0 Å². The summed E-state index contributed by atoms with van der Waals surface area (Å²) in [6.07, 6.45) is 3.62. The van der Waals surface area contributed by atoms with E-state index in [0.717, 1.165) is 27.7 Å². The van der Waals surface area contributed by atoms with Gasteiger partial charge >= 0.3 is 0 Å². The molecule has 172 valence electrons. The lowest BCUT2D eigenvalue weighted by molar-refractivity contribution is -0.384. The molecule has 0 aliphatic carbocycles. The van der Waals surface area contributed by atoms with Crippen LogP contribution in [0.3, 0.4) is 0 Å². The minimum absolute atomic E-state index is 0.0393. The zero-order chi connectivity index (χ0) is 24.5. The Morgan fingerprint density at radius 3 is 2.25 bits per heavy atom. The summed E-state index contributed by atoms with van der Waals surface area (Å²) in [6, 6.07) is 32.8. The summed E-state index contributed by atoms with van der Waals surface area (Å²) in [4.78, 5) is 15.5. The fourth-order valence-corrected chi connectivity index (χ4v) is 4.26. The van der Waals surface area contributed by atoms with Gasteiger partial charge in [0, 0.05) is 17.7 Å². The molecular weight excluding hydrogens is 450 g/mol. The number of para-hydroxylation sites is 2. The summed E-state index contributed by atoms with van der Waals surface area (Å²) in [6.45, 7) is 0. The third-order valence-corrected chi connectivity index (χ3v) is 6.02. The highest BCUT2D eigenvalue weighted by atomic mass is 16.6. The molecule has 0 aliphatic heterocycles. The van der Waals surface area contributed by atoms with Crippen LogP contribution in [0, 0.1) is 10.1 Å². The van der Waals surface area contributed by atoms with Gasteiger partial charge in [-0.25, -0.2) is 4.98 Å². The average molecular weight is 470 g/mol. The molecule has 0 unspecified atom stereocenters. The Bertz CT molecular complexity index is 1760. The molecule has 0 fully saturated rings. The van der Waals surface area contributed by atoms with E-state index in [2.05, 4.69) is 34.5 Å². The third kappa shape index (κ3) is 3.88. The van der Waals surface area contributed by atoms with E-state index >= 15 is 0 Å². The Morgan fingerprint density at radius 1 is 0.722 bits per heavy atom. The monoisotopic (exact) mass is 469 g/mol. The number of non-ortho nitro benzene ring substituents is 1. The van der Waals surface area contributed by atoms with E-state index in [1.165, 1.54) is 12.1 Å². The van der Waals surface area contributed by atoms with Crippen LogP contribution >= 0.6 is 0 Å². The van der Waals surface area contributed by atoms with Gasteiger partial charge in [-0.05, 0) is 34.9 Å². The van der Waals surface area contributed by atoms with Gasteiger partial charge < -0.3 is 0 Å². The first-order chi connectivity index (χ1) is 17.7. The summed E-state index contributed by atoms with van der Waals surface area (Å²) < 4.78 is 2.01. The fourth-order valence-electron chi connectivity index (χ4n) is 4.26. The zero-order valence-corrected chi connectivity index (χ0v) is 19.0. The molecule has 0 saturated heterocycles. The summed E-state index contributed by atoms with van der Waals surface area (Å²) in [5.74, 6) is 0.716. The van der Waals surface area contributed by atoms with Crippen molar-refractivity contribution in [1.29, 1.82) is 0 Å². The van der Waals surface area contributed by atoms with Crippen LogP contribution in [-0.4, -0.2) is 24.5 Å². The summed E-state index contributed by atoms with van der Waals surface area (Å²) in [7, 11) is 0. The number of benzene rings is 4. The van der Waals surface area contributed by atoms with Crippen molar-refractivity contribution in [2.45, 2.75) is 0 Å². The molecule has 0 radical (unpaired) electrons. The predicted octanol–water partition coefficient (Wildman–Crippen LogP) is 6.69. The Kier molecular flexibility index (Phi) is 5.27. The molecule has 0 N–H and O–H groups in total. The number of hydrogen-bond acceptors (Lipinski definition) is 5. The van der Waals surface area contributed by atoms with Crippen molar-refractivity contribution < 1.29 is 4.92 Å². The van der Waals surface area contributed by atoms with E-state index in [-0.39, 0.29) is 5.69 Å². The van der Waals surface area contributed by atoms with E-state index < -0.39 is 4.92 Å². The minimum Gasteiger partial charge on any atom is -0.271 e. The van der Waals surface area contributed by atoms with E-state index in [0.29, 0.717) is 22.7 Å². The summed E-state index contributed by atoms with van der Waals surface area (Å²) >= 11 is 0. The lowest BCUT2D eigenvalue weighted by atomic mass is 10.0. The van der Waals surface area contributed by atoms with Crippen molar-refractivity contribution in [3.8, 4) is 22.5 Å². The van der Waals surface area contributed by atoms with Crippen molar-refractivity contribution in [1.82, 2.24) is 19.6 Å². The van der Waals surface area contributed by atoms with Gasteiger partial charge in [0.1, 0.15) is 5.69 Å². The van der Waals surface area contributed by atoms with Gasteiger partial charge in [0.15, 0.2) is 11.5 Å². The van der Waals surface area contributed by atoms with Crippen LogP contribution in [0.25, 0.3) is 51.3 Å². The van der Waals surface area contributed by atoms with Gasteiger partial charge in [-0.15, -0.1) is 10.2 Å². The molecule has 2 aromatic heterocycles. The molecule has 0 atom stereocenters. The van der Waals surface area contributed by atoms with Gasteiger partial charge in [0.25, 0.3) is 5.69 Å². The first kappa shape index (κ1) is 21.4.